The van der Waals surface area contributed by atoms with Gasteiger partial charge in [-0.05, 0) is 54.1 Å². The van der Waals surface area contributed by atoms with E-state index in [9.17, 15) is 4.79 Å². The summed E-state index contributed by atoms with van der Waals surface area (Å²) in [5.41, 5.74) is 0.652. The van der Waals surface area contributed by atoms with Crippen LogP contribution in [0.3, 0.4) is 0 Å². The van der Waals surface area contributed by atoms with Crippen LogP contribution in [-0.2, 0) is 4.79 Å². The van der Waals surface area contributed by atoms with Crippen molar-refractivity contribution in [3.8, 4) is 11.5 Å². The van der Waals surface area contributed by atoms with Crippen molar-refractivity contribution in [3.63, 3.8) is 0 Å². The molecule has 0 fully saturated rings. The highest BCUT2D eigenvalue weighted by Gasteiger charge is 2.35. The summed E-state index contributed by atoms with van der Waals surface area (Å²) in [4.78, 5) is 16.5. The number of para-hydroxylation sites is 1. The first-order chi connectivity index (χ1) is 15.5. The van der Waals surface area contributed by atoms with Crippen LogP contribution in [0.15, 0.2) is 58.1 Å². The van der Waals surface area contributed by atoms with Crippen molar-refractivity contribution in [2.75, 3.05) is 13.2 Å². The molecule has 7 nitrogen and oxygen atoms in total. The van der Waals surface area contributed by atoms with Crippen molar-refractivity contribution >= 4 is 63.0 Å². The van der Waals surface area contributed by atoms with Crippen LogP contribution in [0, 0.1) is 5.41 Å². The fourth-order valence-electron chi connectivity index (χ4n) is 2.96. The molecule has 0 saturated carbocycles. The van der Waals surface area contributed by atoms with Gasteiger partial charge in [0, 0.05) is 0 Å². The monoisotopic (exact) mass is 488 g/mol. The van der Waals surface area contributed by atoms with Gasteiger partial charge in [0.15, 0.2) is 11.6 Å². The van der Waals surface area contributed by atoms with Crippen molar-refractivity contribution < 1.29 is 14.3 Å². The van der Waals surface area contributed by atoms with E-state index in [1.165, 1.54) is 22.8 Å². The summed E-state index contributed by atoms with van der Waals surface area (Å²) in [5.74, 6) is 0.520. The molecule has 0 bridgehead atoms. The molecule has 2 heterocycles. The first kappa shape index (κ1) is 22.4. The molecule has 2 aromatic rings. The number of aliphatic imine (C=N–C) groups is 1. The van der Waals surface area contributed by atoms with E-state index in [-0.39, 0.29) is 28.1 Å². The number of hydrogen-bond donors (Lipinski definition) is 1. The average Bonchev–Trinajstić information content (AvgIpc) is 3.19. The number of rotatable bonds is 7. The summed E-state index contributed by atoms with van der Waals surface area (Å²) in [5, 5.41) is 15.8. The lowest BCUT2D eigenvalue weighted by molar-refractivity contribution is -0.114. The van der Waals surface area contributed by atoms with Crippen LogP contribution >= 0.6 is 35.0 Å². The molecule has 2 aliphatic rings. The third kappa shape index (κ3) is 4.82. The van der Waals surface area contributed by atoms with E-state index < -0.39 is 5.91 Å². The third-order valence-electron chi connectivity index (χ3n) is 4.47. The zero-order valence-corrected chi connectivity index (χ0v) is 19.3. The van der Waals surface area contributed by atoms with Gasteiger partial charge in [-0.1, -0.05) is 48.3 Å². The van der Waals surface area contributed by atoms with Gasteiger partial charge in [-0.25, -0.2) is 0 Å². The molecule has 2 aromatic carbocycles. The number of fused-ring (bicyclic) bond motifs is 1. The number of hydrogen-bond acceptors (Lipinski definition) is 6. The van der Waals surface area contributed by atoms with Crippen molar-refractivity contribution in [2.45, 2.75) is 13.3 Å². The molecule has 4 rings (SSSR count). The standard InChI is InChI=1S/C22H18Cl2N4O3S/c1-2-18-27-28-20(25)15(21(29)26-22(28)32-18)10-13-11-16(23)19(17(24)12-13)31-9-8-30-14-6-4-3-5-7-14/h3-7,10-12,25H,2,8-9H2,1H3. The smallest absolute Gasteiger partial charge is 0.283 e. The Hall–Kier alpha value is -2.81. The second-order valence-corrected chi connectivity index (χ2v) is 8.55. The third-order valence-corrected chi connectivity index (χ3v) is 6.09. The second kappa shape index (κ2) is 9.77. The molecule has 0 radical (unpaired) electrons. The molecule has 0 aromatic heterocycles. The van der Waals surface area contributed by atoms with Gasteiger partial charge in [0.25, 0.3) is 5.91 Å². The number of carbonyl (C=O) groups excluding carboxylic acids is 1. The minimum absolute atomic E-state index is 0.0402. The van der Waals surface area contributed by atoms with E-state index in [1.54, 1.807) is 12.1 Å². The minimum atomic E-state index is -0.507. The maximum atomic E-state index is 12.5. The molecule has 164 valence electrons. The van der Waals surface area contributed by atoms with Crippen LogP contribution in [0.4, 0.5) is 0 Å². The molecule has 0 aliphatic carbocycles. The van der Waals surface area contributed by atoms with E-state index >= 15 is 0 Å². The molecule has 0 saturated heterocycles. The highest BCUT2D eigenvalue weighted by Crippen LogP contribution is 2.36. The maximum Gasteiger partial charge on any atom is 0.283 e. The number of nitrogens with one attached hydrogen (secondary N) is 1. The lowest BCUT2D eigenvalue weighted by Crippen LogP contribution is -2.35. The number of amides is 1. The molecule has 0 atom stereocenters. The zero-order chi connectivity index (χ0) is 22.7. The summed E-state index contributed by atoms with van der Waals surface area (Å²) in [6.07, 6.45) is 2.22. The van der Waals surface area contributed by atoms with Crippen LogP contribution in [0.1, 0.15) is 18.9 Å². The predicted molar refractivity (Wildman–Crippen MR) is 129 cm³/mol. The normalized spacial score (nSPS) is 16.7. The fraction of sp³-hybridized carbons (Fsp3) is 0.182. The van der Waals surface area contributed by atoms with E-state index in [0.29, 0.717) is 29.5 Å². The average molecular weight is 489 g/mol. The molecular formula is C22H18Cl2N4O3S. The second-order valence-electron chi connectivity index (χ2n) is 6.69. The number of nitrogens with zero attached hydrogens (tertiary/aromatic N) is 3. The Kier molecular flexibility index (Phi) is 6.83. The van der Waals surface area contributed by atoms with Crippen molar-refractivity contribution in [1.29, 1.82) is 5.41 Å². The molecule has 2 aliphatic heterocycles. The van der Waals surface area contributed by atoms with E-state index in [4.69, 9.17) is 38.1 Å². The first-order valence-corrected chi connectivity index (χ1v) is 11.3. The number of hydrazone groups is 1. The van der Waals surface area contributed by atoms with E-state index in [1.807, 2.05) is 37.3 Å². The summed E-state index contributed by atoms with van der Waals surface area (Å²) in [6.45, 7) is 2.52. The van der Waals surface area contributed by atoms with Gasteiger partial charge >= 0.3 is 0 Å². The van der Waals surface area contributed by atoms with Crippen molar-refractivity contribution in [1.82, 2.24) is 5.01 Å². The highest BCUT2D eigenvalue weighted by atomic mass is 35.5. The highest BCUT2D eigenvalue weighted by molar-refractivity contribution is 8.26. The Bertz CT molecular complexity index is 1140. The van der Waals surface area contributed by atoms with E-state index in [0.717, 1.165) is 10.8 Å². The summed E-state index contributed by atoms with van der Waals surface area (Å²) >= 11 is 14.0. The molecule has 32 heavy (non-hydrogen) atoms. The molecule has 10 heteroatoms. The number of benzene rings is 2. The Morgan fingerprint density at radius 3 is 2.50 bits per heavy atom. The van der Waals surface area contributed by atoms with Gasteiger partial charge in [-0.15, -0.1) is 0 Å². The minimum Gasteiger partial charge on any atom is -0.490 e. The molecule has 0 spiro atoms. The summed E-state index contributed by atoms with van der Waals surface area (Å²) in [7, 11) is 0. The van der Waals surface area contributed by atoms with Gasteiger partial charge in [-0.2, -0.15) is 15.1 Å². The van der Waals surface area contributed by atoms with Crippen LogP contribution in [0.2, 0.25) is 10.0 Å². The van der Waals surface area contributed by atoms with Crippen molar-refractivity contribution in [3.05, 3.63) is 63.6 Å². The molecule has 1 N–H and O–H groups in total. The quantitative estimate of drug-likeness (QED) is 0.411. The Labute approximate surface area is 199 Å². The van der Waals surface area contributed by atoms with Crippen LogP contribution in [0.5, 0.6) is 11.5 Å². The number of amidine groups is 2. The Morgan fingerprint density at radius 2 is 1.81 bits per heavy atom. The first-order valence-electron chi connectivity index (χ1n) is 9.75. The fourth-order valence-corrected chi connectivity index (χ4v) is 4.40. The number of ether oxygens (including phenoxy) is 2. The zero-order valence-electron chi connectivity index (χ0n) is 17.0. The van der Waals surface area contributed by atoms with Gasteiger partial charge in [0.1, 0.15) is 24.0 Å². The Morgan fingerprint density at radius 1 is 1.12 bits per heavy atom. The predicted octanol–water partition coefficient (Wildman–Crippen LogP) is 5.48. The molecule has 1 amide bonds. The van der Waals surface area contributed by atoms with Gasteiger partial charge < -0.3 is 9.47 Å². The Balaban J connectivity index is 1.47. The molecule has 0 unspecified atom stereocenters. The van der Waals surface area contributed by atoms with Gasteiger partial charge in [0.05, 0.1) is 15.6 Å². The van der Waals surface area contributed by atoms with Crippen LogP contribution < -0.4 is 9.47 Å². The summed E-state index contributed by atoms with van der Waals surface area (Å²) < 4.78 is 11.3. The maximum absolute atomic E-state index is 12.5. The van der Waals surface area contributed by atoms with Gasteiger partial charge in [-0.3, -0.25) is 10.2 Å². The topological polar surface area (TPSA) is 87.3 Å². The SMILES string of the molecule is CCC1=NN2C(=N)C(=Cc3cc(Cl)c(OCCOc4ccccc4)c(Cl)c3)C(=O)N=C2S1. The van der Waals surface area contributed by atoms with Crippen molar-refractivity contribution in [2.24, 2.45) is 10.1 Å². The van der Waals surface area contributed by atoms with Gasteiger partial charge in [0.2, 0.25) is 5.17 Å². The largest absolute Gasteiger partial charge is 0.490 e. The van der Waals surface area contributed by atoms with Crippen LogP contribution in [0.25, 0.3) is 6.08 Å². The number of thioether (sulfide) groups is 1. The van der Waals surface area contributed by atoms with E-state index in [2.05, 4.69) is 10.1 Å². The number of carbonyl (C=O) groups is 1. The lowest BCUT2D eigenvalue weighted by Gasteiger charge is -2.20. The number of halogens is 2. The molecular weight excluding hydrogens is 471 g/mol. The van der Waals surface area contributed by atoms with Crippen LogP contribution in [-0.4, -0.2) is 40.2 Å². The lowest BCUT2D eigenvalue weighted by atomic mass is 10.1. The summed E-state index contributed by atoms with van der Waals surface area (Å²) in [6, 6.07) is 12.6.